The Morgan fingerprint density at radius 3 is 2.53 bits per heavy atom. The van der Waals surface area contributed by atoms with Gasteiger partial charge in [-0.1, -0.05) is 63.9 Å². The lowest BCUT2D eigenvalue weighted by molar-refractivity contribution is -0.120. The summed E-state index contributed by atoms with van der Waals surface area (Å²) in [6.07, 6.45) is 3.14. The smallest absolute Gasteiger partial charge is 0.302 e. The number of aryl methyl sites for hydroxylation is 1. The van der Waals surface area contributed by atoms with Gasteiger partial charge >= 0.3 is 5.91 Å². The lowest BCUT2D eigenvalue weighted by Crippen LogP contribution is -2.07. The maximum absolute atomic E-state index is 12.2. The summed E-state index contributed by atoms with van der Waals surface area (Å²) in [5, 5.41) is 19.3. The number of ether oxygens (including phenoxy) is 1. The molecule has 1 amide bonds. The summed E-state index contributed by atoms with van der Waals surface area (Å²) in [5.41, 5.74) is 2.41. The summed E-state index contributed by atoms with van der Waals surface area (Å²) >= 11 is 0. The van der Waals surface area contributed by atoms with Crippen LogP contribution in [0.25, 0.3) is 10.9 Å². The Hall–Kier alpha value is -3.15. The molecule has 30 heavy (non-hydrogen) atoms. The number of amides is 1. The molecular formula is C24H29N3O3. The summed E-state index contributed by atoms with van der Waals surface area (Å²) in [7, 11) is 0. The third-order valence-corrected chi connectivity index (χ3v) is 5.07. The molecule has 1 heterocycles. The highest BCUT2D eigenvalue weighted by molar-refractivity contribution is 5.95. The Bertz CT molecular complexity index is 1020. The fourth-order valence-electron chi connectivity index (χ4n) is 3.35. The van der Waals surface area contributed by atoms with Gasteiger partial charge in [-0.2, -0.15) is 0 Å². The molecule has 6 nitrogen and oxygen atoms in total. The van der Waals surface area contributed by atoms with Gasteiger partial charge < -0.3 is 14.4 Å². The highest BCUT2D eigenvalue weighted by Crippen LogP contribution is 2.39. The number of nitrogens with zero attached hydrogens (tertiary/aromatic N) is 3. The number of carbonyl (C=O) groups excluding carboxylic acids is 1. The van der Waals surface area contributed by atoms with Crippen LogP contribution in [-0.4, -0.2) is 22.2 Å². The van der Waals surface area contributed by atoms with Gasteiger partial charge in [0, 0.05) is 11.9 Å². The number of fused-ring (bicyclic) bond motifs is 1. The quantitative estimate of drug-likeness (QED) is 0.332. The van der Waals surface area contributed by atoms with Crippen molar-refractivity contribution in [3.63, 3.8) is 0 Å². The maximum atomic E-state index is 12.2. The van der Waals surface area contributed by atoms with Crippen molar-refractivity contribution in [2.45, 2.75) is 52.5 Å². The van der Waals surface area contributed by atoms with E-state index >= 15 is 0 Å². The van der Waals surface area contributed by atoms with Crippen LogP contribution in [-0.2, 0) is 11.3 Å². The van der Waals surface area contributed by atoms with Gasteiger partial charge in [0.2, 0.25) is 5.88 Å². The van der Waals surface area contributed by atoms with Gasteiger partial charge in [0.1, 0.15) is 5.75 Å². The zero-order valence-corrected chi connectivity index (χ0v) is 17.8. The maximum Gasteiger partial charge on any atom is 0.302 e. The second-order valence-corrected chi connectivity index (χ2v) is 7.65. The number of aromatic hydroxyl groups is 1. The lowest BCUT2D eigenvalue weighted by atomic mass is 10.0. The van der Waals surface area contributed by atoms with Gasteiger partial charge in [-0.3, -0.25) is 4.79 Å². The lowest BCUT2D eigenvalue weighted by Gasteiger charge is -2.07. The van der Waals surface area contributed by atoms with E-state index in [9.17, 15) is 9.90 Å². The molecule has 6 heteroatoms. The first-order valence-electron chi connectivity index (χ1n) is 10.5. The molecule has 0 atom stereocenters. The summed E-state index contributed by atoms with van der Waals surface area (Å²) in [6.45, 7) is 6.87. The van der Waals surface area contributed by atoms with Crippen LogP contribution >= 0.6 is 0 Å². The van der Waals surface area contributed by atoms with E-state index < -0.39 is 5.91 Å². The fraction of sp³-hybridized carbons (Fsp3) is 0.375. The minimum Gasteiger partial charge on any atom is -0.493 e. The highest BCUT2D eigenvalue weighted by Gasteiger charge is 2.16. The molecule has 158 valence electrons. The van der Waals surface area contributed by atoms with Gasteiger partial charge in [0.05, 0.1) is 5.52 Å². The molecule has 0 unspecified atom stereocenters. The Labute approximate surface area is 177 Å². The van der Waals surface area contributed by atoms with Gasteiger partial charge in [-0.15, -0.1) is 10.2 Å². The molecule has 3 aromatic rings. The molecule has 3 rings (SSSR count). The number of hydrogen-bond acceptors (Lipinski definition) is 4. The van der Waals surface area contributed by atoms with Crippen LogP contribution in [0.2, 0.25) is 0 Å². The average Bonchev–Trinajstić information content (AvgIpc) is 3.02. The predicted molar refractivity (Wildman–Crippen MR) is 119 cm³/mol. The standard InChI is InChI=1S/C24H29N3O3/c1-4-5-8-15-27-21-10-7-6-9-20(21)23(24(27)29)26-25-22(28)16-30-19-13-11-18(12-14-19)17(2)3/h6-7,9-14,17,29H,4-5,8,15-16H2,1-3H3. The van der Waals surface area contributed by atoms with Gasteiger partial charge in [0.15, 0.2) is 12.3 Å². The fourth-order valence-corrected chi connectivity index (χ4v) is 3.35. The number of para-hydroxylation sites is 1. The number of carbonyl (C=O) groups is 1. The van der Waals surface area contributed by atoms with Crippen molar-refractivity contribution in [3.05, 3.63) is 54.1 Å². The zero-order valence-electron chi connectivity index (χ0n) is 17.8. The first-order chi connectivity index (χ1) is 14.5. The molecule has 0 aliphatic carbocycles. The molecule has 2 aromatic carbocycles. The first-order valence-corrected chi connectivity index (χ1v) is 10.5. The minimum atomic E-state index is -0.509. The van der Waals surface area contributed by atoms with Gasteiger partial charge in [-0.05, 0) is 36.1 Å². The molecule has 0 radical (unpaired) electrons. The van der Waals surface area contributed by atoms with E-state index in [2.05, 4.69) is 31.0 Å². The van der Waals surface area contributed by atoms with Crippen molar-refractivity contribution in [1.29, 1.82) is 0 Å². The van der Waals surface area contributed by atoms with Crippen molar-refractivity contribution < 1.29 is 14.6 Å². The first kappa shape index (κ1) is 21.6. The number of rotatable bonds is 9. The monoisotopic (exact) mass is 407 g/mol. The molecule has 0 saturated heterocycles. The van der Waals surface area contributed by atoms with E-state index in [1.807, 2.05) is 53.1 Å². The third-order valence-electron chi connectivity index (χ3n) is 5.07. The Kier molecular flexibility index (Phi) is 7.22. The molecule has 0 aliphatic heterocycles. The van der Waals surface area contributed by atoms with Crippen LogP contribution in [0.15, 0.2) is 58.8 Å². The summed E-state index contributed by atoms with van der Waals surface area (Å²) in [6, 6.07) is 15.3. The largest absolute Gasteiger partial charge is 0.493 e. The number of unbranched alkanes of at least 4 members (excludes halogenated alkanes) is 2. The zero-order chi connectivity index (χ0) is 21.5. The normalized spacial score (nSPS) is 11.6. The Balaban J connectivity index is 1.70. The van der Waals surface area contributed by atoms with E-state index in [0.29, 0.717) is 23.9 Å². The third kappa shape index (κ3) is 5.06. The van der Waals surface area contributed by atoms with Crippen LogP contribution in [0.3, 0.4) is 0 Å². The van der Waals surface area contributed by atoms with E-state index in [-0.39, 0.29) is 12.5 Å². The van der Waals surface area contributed by atoms with Crippen molar-refractivity contribution in [3.8, 4) is 11.6 Å². The SMILES string of the molecule is CCCCCn1c(O)c(N=NC(=O)COc2ccc(C(C)C)cc2)c2ccccc21. The molecule has 0 saturated carbocycles. The molecule has 1 aromatic heterocycles. The molecule has 0 spiro atoms. The van der Waals surface area contributed by atoms with Crippen LogP contribution in [0.4, 0.5) is 5.69 Å². The molecule has 1 N–H and O–H groups in total. The second-order valence-electron chi connectivity index (χ2n) is 7.65. The number of aromatic nitrogens is 1. The second kappa shape index (κ2) is 10.1. The molecular weight excluding hydrogens is 378 g/mol. The van der Waals surface area contributed by atoms with Crippen LogP contribution < -0.4 is 4.74 Å². The minimum absolute atomic E-state index is 0.0362. The molecule has 0 bridgehead atoms. The van der Waals surface area contributed by atoms with Crippen LogP contribution in [0, 0.1) is 0 Å². The summed E-state index contributed by atoms with van der Waals surface area (Å²) < 4.78 is 7.34. The topological polar surface area (TPSA) is 76.2 Å². The van der Waals surface area contributed by atoms with Crippen LogP contribution in [0.1, 0.15) is 51.5 Å². The number of hydrogen-bond donors (Lipinski definition) is 1. The summed E-state index contributed by atoms with van der Waals surface area (Å²) in [4.78, 5) is 12.2. The predicted octanol–water partition coefficient (Wildman–Crippen LogP) is 6.35. The average molecular weight is 408 g/mol. The van der Waals surface area contributed by atoms with Gasteiger partial charge in [0.25, 0.3) is 0 Å². The van der Waals surface area contributed by atoms with Crippen LogP contribution in [0.5, 0.6) is 11.6 Å². The van der Waals surface area contributed by atoms with E-state index in [1.54, 1.807) is 0 Å². The Morgan fingerprint density at radius 2 is 1.83 bits per heavy atom. The van der Waals surface area contributed by atoms with E-state index in [4.69, 9.17) is 4.74 Å². The van der Waals surface area contributed by atoms with Gasteiger partial charge in [-0.25, -0.2) is 0 Å². The van der Waals surface area contributed by atoms with Crippen molar-refractivity contribution in [1.82, 2.24) is 4.57 Å². The highest BCUT2D eigenvalue weighted by atomic mass is 16.5. The summed E-state index contributed by atoms with van der Waals surface area (Å²) in [5.74, 6) is 0.573. The van der Waals surface area contributed by atoms with Crippen molar-refractivity contribution in [2.75, 3.05) is 6.61 Å². The molecule has 0 aliphatic rings. The molecule has 0 fully saturated rings. The van der Waals surface area contributed by atoms with Crippen molar-refractivity contribution >= 4 is 22.5 Å². The number of benzene rings is 2. The van der Waals surface area contributed by atoms with E-state index in [0.717, 1.165) is 30.2 Å². The van der Waals surface area contributed by atoms with Crippen molar-refractivity contribution in [2.24, 2.45) is 10.2 Å². The van der Waals surface area contributed by atoms with E-state index in [1.165, 1.54) is 5.56 Å². The Morgan fingerprint density at radius 1 is 1.10 bits per heavy atom. The number of azo groups is 1.